The van der Waals surface area contributed by atoms with Gasteiger partial charge in [0.2, 0.25) is 0 Å². The van der Waals surface area contributed by atoms with Gasteiger partial charge in [0.25, 0.3) is 0 Å². The normalized spacial score (nSPS) is 17.6. The molecule has 98 valence electrons. The molecule has 1 aliphatic carbocycles. The molecule has 0 heterocycles. The summed E-state index contributed by atoms with van der Waals surface area (Å²) in [4.78, 5) is 0. The molecule has 1 N–H and O–H groups in total. The van der Waals surface area contributed by atoms with Crippen molar-refractivity contribution in [3.05, 3.63) is 46.5 Å². The minimum atomic E-state index is 0.245. The number of allylic oxidation sites excluding steroid dienone is 2. The molecule has 18 heavy (non-hydrogen) atoms. The molecule has 1 nitrogen and oxygen atoms in total. The first-order chi connectivity index (χ1) is 8.64. The van der Waals surface area contributed by atoms with Crippen LogP contribution in [-0.2, 0) is 5.41 Å². The van der Waals surface area contributed by atoms with E-state index in [1.807, 2.05) is 0 Å². The summed E-state index contributed by atoms with van der Waals surface area (Å²) in [5.41, 5.74) is 1.68. The molecule has 0 atom stereocenters. The monoisotopic (exact) mass is 307 g/mol. The largest absolute Gasteiger partial charge is 0.316 e. The van der Waals surface area contributed by atoms with Crippen molar-refractivity contribution in [1.29, 1.82) is 0 Å². The second kappa shape index (κ2) is 6.03. The Bertz CT molecular complexity index is 415. The summed E-state index contributed by atoms with van der Waals surface area (Å²) in [6, 6.07) is 8.64. The maximum atomic E-state index is 3.71. The first-order valence-corrected chi connectivity index (χ1v) is 7.54. The minimum absolute atomic E-state index is 0.245. The quantitative estimate of drug-likeness (QED) is 0.801. The first kappa shape index (κ1) is 13.8. The maximum absolute atomic E-state index is 3.71. The molecule has 0 radical (unpaired) electrons. The van der Waals surface area contributed by atoms with Gasteiger partial charge in [0, 0.05) is 16.4 Å². The smallest absolute Gasteiger partial charge is 0.0213 e. The van der Waals surface area contributed by atoms with Crippen molar-refractivity contribution >= 4 is 15.9 Å². The topological polar surface area (TPSA) is 12.0 Å². The van der Waals surface area contributed by atoms with Crippen LogP contribution in [0.2, 0.25) is 0 Å². The molecule has 1 aliphatic rings. The molecule has 0 bridgehead atoms. The van der Waals surface area contributed by atoms with Crippen LogP contribution in [0.1, 0.15) is 32.3 Å². The summed E-state index contributed by atoms with van der Waals surface area (Å²) >= 11 is 3.71. The van der Waals surface area contributed by atoms with Gasteiger partial charge in [-0.2, -0.15) is 0 Å². The van der Waals surface area contributed by atoms with E-state index >= 15 is 0 Å². The molecule has 0 fully saturated rings. The van der Waals surface area contributed by atoms with Gasteiger partial charge in [-0.05, 0) is 36.9 Å². The van der Waals surface area contributed by atoms with E-state index in [-0.39, 0.29) is 5.41 Å². The average Bonchev–Trinajstić information content (AvgIpc) is 2.79. The molecule has 2 rings (SSSR count). The lowest BCUT2D eigenvalue weighted by Crippen LogP contribution is -2.38. The number of hydrogen-bond acceptors (Lipinski definition) is 1. The van der Waals surface area contributed by atoms with Gasteiger partial charge < -0.3 is 5.32 Å². The van der Waals surface area contributed by atoms with Gasteiger partial charge >= 0.3 is 0 Å². The SMILES string of the molecule is CC(C)CNCC1(c2ccccc2Br)CC=CC1. The zero-order chi connectivity index (χ0) is 13.0. The van der Waals surface area contributed by atoms with Crippen molar-refractivity contribution in [1.82, 2.24) is 5.32 Å². The Morgan fingerprint density at radius 1 is 1.22 bits per heavy atom. The number of halogens is 1. The third-order valence-corrected chi connectivity index (χ3v) is 4.34. The highest BCUT2D eigenvalue weighted by molar-refractivity contribution is 9.10. The Morgan fingerprint density at radius 2 is 1.89 bits per heavy atom. The summed E-state index contributed by atoms with van der Waals surface area (Å²) in [5, 5.41) is 3.63. The van der Waals surface area contributed by atoms with Crippen LogP contribution in [0.4, 0.5) is 0 Å². The Kier molecular flexibility index (Phi) is 4.63. The summed E-state index contributed by atoms with van der Waals surface area (Å²) in [6.07, 6.45) is 6.91. The average molecular weight is 308 g/mol. The first-order valence-electron chi connectivity index (χ1n) is 6.75. The lowest BCUT2D eigenvalue weighted by Gasteiger charge is -2.31. The summed E-state index contributed by atoms with van der Waals surface area (Å²) in [6.45, 7) is 6.66. The van der Waals surface area contributed by atoms with Gasteiger partial charge in [0.1, 0.15) is 0 Å². The maximum Gasteiger partial charge on any atom is 0.0213 e. The minimum Gasteiger partial charge on any atom is -0.316 e. The van der Waals surface area contributed by atoms with Crippen molar-refractivity contribution in [2.24, 2.45) is 5.92 Å². The van der Waals surface area contributed by atoms with E-state index in [2.05, 4.69) is 71.5 Å². The van der Waals surface area contributed by atoms with Gasteiger partial charge in [-0.15, -0.1) is 0 Å². The highest BCUT2D eigenvalue weighted by Crippen LogP contribution is 2.40. The molecule has 0 amide bonds. The van der Waals surface area contributed by atoms with Crippen LogP contribution >= 0.6 is 15.9 Å². The fraction of sp³-hybridized carbons (Fsp3) is 0.500. The van der Waals surface area contributed by atoms with Crippen molar-refractivity contribution in [2.45, 2.75) is 32.1 Å². The Morgan fingerprint density at radius 3 is 2.50 bits per heavy atom. The van der Waals surface area contributed by atoms with Crippen molar-refractivity contribution in [3.8, 4) is 0 Å². The molecule has 0 aliphatic heterocycles. The van der Waals surface area contributed by atoms with Gasteiger partial charge in [-0.3, -0.25) is 0 Å². The molecule has 1 aromatic rings. The molecule has 0 unspecified atom stereocenters. The molecule has 0 saturated heterocycles. The number of rotatable bonds is 5. The van der Waals surface area contributed by atoms with Gasteiger partial charge in [0.15, 0.2) is 0 Å². The lowest BCUT2D eigenvalue weighted by atomic mass is 9.78. The van der Waals surface area contributed by atoms with Gasteiger partial charge in [0.05, 0.1) is 0 Å². The van der Waals surface area contributed by atoms with Crippen molar-refractivity contribution in [3.63, 3.8) is 0 Å². The zero-order valence-electron chi connectivity index (χ0n) is 11.2. The van der Waals surface area contributed by atoms with E-state index < -0.39 is 0 Å². The van der Waals surface area contributed by atoms with E-state index in [1.165, 1.54) is 10.0 Å². The fourth-order valence-electron chi connectivity index (χ4n) is 2.65. The number of benzene rings is 1. The summed E-state index contributed by atoms with van der Waals surface area (Å²) < 4.78 is 1.24. The van der Waals surface area contributed by atoms with E-state index in [4.69, 9.17) is 0 Å². The Labute approximate surface area is 119 Å². The third-order valence-electron chi connectivity index (χ3n) is 3.65. The second-order valence-electron chi connectivity index (χ2n) is 5.66. The molecule has 0 spiro atoms. The van der Waals surface area contributed by atoms with E-state index in [1.54, 1.807) is 0 Å². The lowest BCUT2D eigenvalue weighted by molar-refractivity contribution is 0.401. The number of nitrogens with one attached hydrogen (secondary N) is 1. The summed E-state index contributed by atoms with van der Waals surface area (Å²) in [5.74, 6) is 0.704. The van der Waals surface area contributed by atoms with E-state index in [0.29, 0.717) is 5.92 Å². The van der Waals surface area contributed by atoms with Crippen LogP contribution in [0.5, 0.6) is 0 Å². The van der Waals surface area contributed by atoms with Crippen LogP contribution in [0.15, 0.2) is 40.9 Å². The second-order valence-corrected chi connectivity index (χ2v) is 6.52. The van der Waals surface area contributed by atoms with Gasteiger partial charge in [-0.25, -0.2) is 0 Å². The van der Waals surface area contributed by atoms with Crippen LogP contribution in [0.25, 0.3) is 0 Å². The standard InChI is InChI=1S/C16H22BrN/c1-13(2)11-18-12-16(9-5-6-10-16)14-7-3-4-8-15(14)17/h3-8,13,18H,9-12H2,1-2H3. The molecular weight excluding hydrogens is 286 g/mol. The fourth-order valence-corrected chi connectivity index (χ4v) is 3.36. The van der Waals surface area contributed by atoms with E-state index in [0.717, 1.165) is 25.9 Å². The molecule has 2 heteroatoms. The number of hydrogen-bond donors (Lipinski definition) is 1. The van der Waals surface area contributed by atoms with Crippen LogP contribution in [-0.4, -0.2) is 13.1 Å². The predicted octanol–water partition coefficient (Wildman–Crippen LogP) is 4.28. The predicted molar refractivity (Wildman–Crippen MR) is 81.9 cm³/mol. The highest BCUT2D eigenvalue weighted by atomic mass is 79.9. The van der Waals surface area contributed by atoms with Crippen LogP contribution in [0.3, 0.4) is 0 Å². The van der Waals surface area contributed by atoms with Gasteiger partial charge in [-0.1, -0.05) is 60.1 Å². The summed E-state index contributed by atoms with van der Waals surface area (Å²) in [7, 11) is 0. The van der Waals surface area contributed by atoms with Crippen LogP contribution < -0.4 is 5.32 Å². The highest BCUT2D eigenvalue weighted by Gasteiger charge is 2.33. The Hall–Kier alpha value is -0.600. The Balaban J connectivity index is 2.15. The van der Waals surface area contributed by atoms with Crippen molar-refractivity contribution in [2.75, 3.05) is 13.1 Å². The van der Waals surface area contributed by atoms with Crippen molar-refractivity contribution < 1.29 is 0 Å². The van der Waals surface area contributed by atoms with Crippen LogP contribution in [0, 0.1) is 5.92 Å². The zero-order valence-corrected chi connectivity index (χ0v) is 12.8. The molecule has 0 saturated carbocycles. The van der Waals surface area contributed by atoms with E-state index in [9.17, 15) is 0 Å². The molecule has 0 aromatic heterocycles. The third kappa shape index (κ3) is 3.04. The molecular formula is C16H22BrN. The molecule has 1 aromatic carbocycles.